The summed E-state index contributed by atoms with van der Waals surface area (Å²) < 4.78 is 12.8. The van der Waals surface area contributed by atoms with Gasteiger partial charge in [0, 0.05) is 162 Å². The number of nitrogens with one attached hydrogen (secondary N) is 1. The van der Waals surface area contributed by atoms with Crippen LogP contribution < -0.4 is 70.0 Å². The zero-order valence-corrected chi connectivity index (χ0v) is 92.4. The van der Waals surface area contributed by atoms with E-state index in [0.29, 0.717) is 84.2 Å². The summed E-state index contributed by atoms with van der Waals surface area (Å²) in [5.74, 6) is 4.32. The molecule has 39 heteroatoms. The van der Waals surface area contributed by atoms with E-state index in [9.17, 15) is 14.4 Å². The first-order valence-electron chi connectivity index (χ1n) is 47.1. The zero-order valence-electron chi connectivity index (χ0n) is 84.2. The molecule has 0 unspecified atom stereocenters. The van der Waals surface area contributed by atoms with Crippen LogP contribution in [0.5, 0.6) is 0 Å². The summed E-state index contributed by atoms with van der Waals surface area (Å²) in [6.45, 7) is 19.6. The van der Waals surface area contributed by atoms with E-state index in [4.69, 9.17) is 66.3 Å². The summed E-state index contributed by atoms with van der Waals surface area (Å²) in [5.41, 5.74) is 22.0. The molecule has 0 aliphatic carbocycles. The maximum atomic E-state index is 12.3. The molecule has 5 aliphatic heterocycles. The van der Waals surface area contributed by atoms with Gasteiger partial charge in [0.2, 0.25) is 46.1 Å². The molecule has 5 fully saturated rings. The van der Waals surface area contributed by atoms with Gasteiger partial charge < -0.3 is 93.3 Å². The van der Waals surface area contributed by atoms with Gasteiger partial charge in [0.1, 0.15) is 0 Å². The van der Waals surface area contributed by atoms with E-state index in [1.54, 1.807) is 42.5 Å². The van der Waals surface area contributed by atoms with Gasteiger partial charge in [0.05, 0.1) is 84.1 Å². The third kappa shape index (κ3) is 29.3. The van der Waals surface area contributed by atoms with Crippen LogP contribution in [0.15, 0.2) is 235 Å². The molecule has 0 bridgehead atoms. The number of fused-ring (bicyclic) bond motifs is 5. The minimum Gasteiger partial charge on any atom is -0.870 e. The molecule has 4 N–H and O–H groups in total. The number of aromatic nitrogens is 15. The Balaban J connectivity index is 0.000000165. The Morgan fingerprint density at radius 1 is 0.399 bits per heavy atom. The predicted octanol–water partition coefficient (Wildman–Crippen LogP) is 12.2. The molecule has 32 nitrogen and oxygen atoms in total. The molecule has 10 aromatic heterocycles. The topological polar surface area (TPSA) is 308 Å². The van der Waals surface area contributed by atoms with E-state index in [1.165, 1.54) is 59.6 Å². The molecule has 15 aromatic rings. The first-order valence-corrected chi connectivity index (χ1v) is 50.5. The fraction of sp³-hybridized carbons (Fsp3) is 0.375. The van der Waals surface area contributed by atoms with Crippen LogP contribution in [0.2, 0.25) is 5.28 Å². The van der Waals surface area contributed by atoms with Gasteiger partial charge in [0.15, 0.2) is 28.2 Å². The minimum absolute atomic E-state index is 0. The van der Waals surface area contributed by atoms with Crippen molar-refractivity contribution >= 4 is 186 Å². The third-order valence-corrected chi connectivity index (χ3v) is 27.2. The number of carbonyl (C=O) groups is 3. The Morgan fingerprint density at radius 2 is 0.678 bits per heavy atom. The number of hydrogen-bond donors (Lipinski definition) is 2. The number of nitrogens with two attached hydrogens (primary N) is 1. The van der Waals surface area contributed by atoms with Crippen LogP contribution in [0.25, 0.3) is 55.8 Å². The molecule has 143 heavy (non-hydrogen) atoms. The molecule has 5 aromatic carbocycles. The molecule has 0 radical (unpaired) electrons. The summed E-state index contributed by atoms with van der Waals surface area (Å²) in [7, 11) is 26.2. The number of imidazole rings is 5. The van der Waals surface area contributed by atoms with E-state index >= 15 is 0 Å². The second kappa shape index (κ2) is 54.1. The Labute approximate surface area is 897 Å². The maximum absolute atomic E-state index is 12.3. The number of anilines is 6. The molecule has 0 saturated carbocycles. The fourth-order valence-corrected chi connectivity index (χ4v) is 17.6. The Hall–Kier alpha value is -10.5. The molecule has 2 amide bonds. The first kappa shape index (κ1) is 113. The maximum Gasteiger partial charge on any atom is 1.00 e. The number of likely N-dealkylation sites (N-methyl/N-ethyl adjacent to an activating group) is 6. The fourth-order valence-electron chi connectivity index (χ4n) is 16.2. The SMILES string of the molecule is C=CC(=O)N(C)c1cnc2nc(N3CC(N(C)C)C3)n(Cc3ccccc3)c2c1.CCc1cnc2nc(N3CC(N(C)C)C3)n(Cc3ccccc3)c2c1.CN.CN(C(=O)CCCl)c1cnc2nc(N3CC(N(C)C)C3)n(Cc3ccccc3)c2c1.CN(C)C1CN(c2nc3ncc(Br)cc3n2Cc2ccccc2)C1.CN(C)C1CNC1.Clc1nc2ncc(Br)cc2n1Cc1ccccc1.O=C(Cl)CCCl.[Na+].[OH-]. The third-order valence-electron chi connectivity index (χ3n) is 25.4. The van der Waals surface area contributed by atoms with Crippen LogP contribution in [0.3, 0.4) is 0 Å². The number of amides is 2. The van der Waals surface area contributed by atoms with Crippen LogP contribution in [0, 0.1) is 0 Å². The van der Waals surface area contributed by atoms with E-state index in [0.717, 1.165) is 161 Å². The van der Waals surface area contributed by atoms with Crippen molar-refractivity contribution in [2.75, 3.05) is 198 Å². The van der Waals surface area contributed by atoms with E-state index in [1.807, 2.05) is 95.8 Å². The van der Waals surface area contributed by atoms with Crippen molar-refractivity contribution in [1.29, 1.82) is 0 Å². The Bertz CT molecular complexity index is 6600. The average Bonchev–Trinajstić information content (AvgIpc) is 1.63. The number of benzene rings is 5. The second-order valence-corrected chi connectivity index (χ2v) is 39.5. The Morgan fingerprint density at radius 3 is 0.951 bits per heavy atom. The molecule has 0 spiro atoms. The van der Waals surface area contributed by atoms with Gasteiger partial charge in [0.25, 0.3) is 0 Å². The van der Waals surface area contributed by atoms with E-state index in [-0.39, 0.29) is 58.5 Å². The molecular weight excluding hydrogens is 2030 g/mol. The standard InChI is InChI=1S/C22H27ClN6O.C22H26N6O.C20H25N5.C18H20BrN5.C13H9BrClN3.C5H12N2.C3H4Cl2O.CH5N.Na.H2O/c1-26(2)18-14-28(15-18)22-25-21-19(29(22)13-16-7-5-4-6-8-16)11-17(12-24-21)27(3)20(30)9-10-23;1-5-20(29)26(4)17-11-19-21(23-12-17)24-22(27-14-18(15-27)25(2)3)28(19)13-16-9-7-6-8-10-16;1-4-15-10-18-19(21-11-15)22-20(24-13-17(14-24)23(2)3)25(18)12-16-8-6-5-7-9-16;1-22(2)15-11-23(12-15)18-21-17-16(8-14(19)9-20-17)24(18)10-13-6-4-3-5-7-13;14-10-6-11-12(16-7-10)17-13(15)18(11)8-9-4-2-1-3-5-9;1-7(2)5-3-6-4-5;4-2-1-3(5)6;1-2;;/h4-8,11-12,18H,9-10,13-15H2,1-3H3;5-12,18H,1,13-15H2,2-4H3;5-11,17H,4,12-14H2,1-3H3;3-9,15H,10-12H2,1-2H3;1-7H,8H2;5-6H,3-4H2,1-2H3;1-2H2;2H2,1H3;;1H2/q;;;;;;;;+1;/p-1. The number of nitrogens with zero attached hydrogens (tertiary/aromatic N) is 26. The van der Waals surface area contributed by atoms with Gasteiger partial charge >= 0.3 is 29.6 Å². The molecular formula is C104H129Br2Cl4N28NaO4. The van der Waals surface area contributed by atoms with E-state index < -0.39 is 0 Å². The average molecular weight is 2160 g/mol. The summed E-state index contributed by atoms with van der Waals surface area (Å²) in [6, 6.07) is 65.2. The Kier molecular flexibility index (Phi) is 42.7. The quantitative estimate of drug-likeness (QED) is 0.0209. The molecule has 5 saturated heterocycles. The number of halogens is 6. The zero-order chi connectivity index (χ0) is 101. The van der Waals surface area contributed by atoms with Crippen LogP contribution in [-0.2, 0) is 53.5 Å². The number of pyridine rings is 5. The van der Waals surface area contributed by atoms with Gasteiger partial charge in [-0.15, -0.1) is 23.2 Å². The monoisotopic (exact) mass is 2150 g/mol. The molecule has 15 heterocycles. The summed E-state index contributed by atoms with van der Waals surface area (Å²) >= 11 is 28.8. The summed E-state index contributed by atoms with van der Waals surface area (Å²) in [6.07, 6.45) is 11.7. The normalized spacial score (nSPS) is 14.0. The van der Waals surface area contributed by atoms with Crippen molar-refractivity contribution in [3.8, 4) is 0 Å². The van der Waals surface area contributed by atoms with Crippen molar-refractivity contribution in [3.05, 3.63) is 273 Å². The van der Waals surface area contributed by atoms with Gasteiger partial charge in [-0.05, 0) is 209 Å². The number of aryl methyl sites for hydroxylation is 1. The number of alkyl halides is 2. The molecule has 5 aliphatic rings. The van der Waals surface area contributed by atoms with Crippen molar-refractivity contribution in [2.24, 2.45) is 5.73 Å². The second-order valence-electron chi connectivity index (χ2n) is 36.1. The molecule has 0 atom stereocenters. The predicted molar refractivity (Wildman–Crippen MR) is 585 cm³/mol. The summed E-state index contributed by atoms with van der Waals surface area (Å²) in [5, 5.41) is 3.29. The molecule has 752 valence electrons. The van der Waals surface area contributed by atoms with Crippen molar-refractivity contribution in [1.82, 2.24) is 102 Å². The van der Waals surface area contributed by atoms with Crippen LogP contribution >= 0.6 is 78.3 Å². The number of hydrogen-bond acceptors (Lipinski definition) is 25. The van der Waals surface area contributed by atoms with Crippen molar-refractivity contribution in [2.45, 2.75) is 89.1 Å². The van der Waals surface area contributed by atoms with Crippen LogP contribution in [0.1, 0.15) is 53.1 Å². The van der Waals surface area contributed by atoms with E-state index in [2.05, 4.69) is 322 Å². The number of carbonyl (C=O) groups excluding carboxylic acids is 3. The summed E-state index contributed by atoms with van der Waals surface area (Å²) in [4.78, 5) is 104. The van der Waals surface area contributed by atoms with Gasteiger partial charge in [-0.1, -0.05) is 165 Å². The van der Waals surface area contributed by atoms with Gasteiger partial charge in [-0.2, -0.15) is 24.9 Å². The van der Waals surface area contributed by atoms with Crippen LogP contribution in [-0.4, -0.2) is 319 Å². The van der Waals surface area contributed by atoms with Crippen LogP contribution in [0.4, 0.5) is 35.2 Å². The van der Waals surface area contributed by atoms with Crippen molar-refractivity contribution in [3.63, 3.8) is 0 Å². The first-order chi connectivity index (χ1) is 68.0. The minimum atomic E-state index is -0.370. The number of rotatable bonds is 27. The molecule has 20 rings (SSSR count). The largest absolute Gasteiger partial charge is 1.00 e. The smallest absolute Gasteiger partial charge is 0.870 e. The van der Waals surface area contributed by atoms with Gasteiger partial charge in [-0.25, -0.2) is 24.9 Å². The van der Waals surface area contributed by atoms with Crippen molar-refractivity contribution < 1.29 is 49.4 Å². The van der Waals surface area contributed by atoms with Gasteiger partial charge in [-0.3, -0.25) is 14.4 Å².